The lowest BCUT2D eigenvalue weighted by atomic mass is 10.1. The Labute approximate surface area is 232 Å². The van der Waals surface area contributed by atoms with Gasteiger partial charge in [0.1, 0.15) is 5.57 Å². The van der Waals surface area contributed by atoms with E-state index in [1.807, 2.05) is 6.07 Å². The molecule has 39 heavy (non-hydrogen) atoms. The molecule has 0 spiro atoms. The van der Waals surface area contributed by atoms with E-state index in [1.165, 1.54) is 49.6 Å². The maximum absolute atomic E-state index is 13.1. The molecular formula is C27H19Cl2N3O7. The van der Waals surface area contributed by atoms with Crippen molar-refractivity contribution in [3.63, 3.8) is 0 Å². The summed E-state index contributed by atoms with van der Waals surface area (Å²) >= 11 is 12.6. The molecular weight excluding hydrogens is 549 g/mol. The number of esters is 1. The highest BCUT2D eigenvalue weighted by molar-refractivity contribution is 6.40. The Balaban J connectivity index is 1.53. The van der Waals surface area contributed by atoms with Crippen LogP contribution in [0.2, 0.25) is 10.0 Å². The number of nitrogens with zero attached hydrogens (tertiary/aromatic N) is 1. The van der Waals surface area contributed by atoms with Crippen molar-refractivity contribution in [3.05, 3.63) is 93.5 Å². The second-order valence-electron chi connectivity index (χ2n) is 8.01. The van der Waals surface area contributed by atoms with E-state index in [2.05, 4.69) is 15.4 Å². The first-order chi connectivity index (χ1) is 18.7. The van der Waals surface area contributed by atoms with Crippen LogP contribution in [0.3, 0.4) is 0 Å². The lowest BCUT2D eigenvalue weighted by molar-refractivity contribution is -0.122. The quantitative estimate of drug-likeness (QED) is 0.244. The molecule has 1 saturated heterocycles. The van der Waals surface area contributed by atoms with Gasteiger partial charge in [0, 0.05) is 5.69 Å². The number of barbiturate groups is 1. The van der Waals surface area contributed by atoms with Gasteiger partial charge in [0.15, 0.2) is 12.4 Å². The van der Waals surface area contributed by atoms with Crippen molar-refractivity contribution in [1.82, 2.24) is 5.32 Å². The molecule has 1 aliphatic heterocycles. The highest BCUT2D eigenvalue weighted by Gasteiger charge is 2.37. The minimum absolute atomic E-state index is 0.0249. The average molecular weight is 568 g/mol. The van der Waals surface area contributed by atoms with E-state index >= 15 is 0 Å². The SMILES string of the molecule is COC(=O)c1ccc(N2C(=O)NC(=O)/C(=C/c3cc(Cl)c(OCC(=O)Nc4ccccc4)c(Cl)c3)C2=O)cc1. The molecule has 0 aliphatic carbocycles. The molecule has 0 unspecified atom stereocenters. The first-order valence-electron chi connectivity index (χ1n) is 11.2. The molecule has 3 aromatic carbocycles. The number of anilines is 2. The highest BCUT2D eigenvalue weighted by Crippen LogP contribution is 2.35. The van der Waals surface area contributed by atoms with Crippen molar-refractivity contribution in [2.45, 2.75) is 0 Å². The normalized spacial score (nSPS) is 14.2. The number of amides is 5. The molecule has 2 N–H and O–H groups in total. The zero-order chi connectivity index (χ0) is 28.1. The number of carbonyl (C=O) groups excluding carboxylic acids is 5. The van der Waals surface area contributed by atoms with E-state index in [-0.39, 0.29) is 44.8 Å². The number of benzene rings is 3. The van der Waals surface area contributed by atoms with Gasteiger partial charge in [-0.15, -0.1) is 0 Å². The lowest BCUT2D eigenvalue weighted by Gasteiger charge is -2.26. The van der Waals surface area contributed by atoms with Crippen LogP contribution in [0.25, 0.3) is 6.08 Å². The van der Waals surface area contributed by atoms with Crippen LogP contribution in [0.5, 0.6) is 5.75 Å². The van der Waals surface area contributed by atoms with Gasteiger partial charge in [-0.3, -0.25) is 19.7 Å². The van der Waals surface area contributed by atoms with Crippen LogP contribution in [0, 0.1) is 0 Å². The van der Waals surface area contributed by atoms with Crippen LogP contribution in [0.4, 0.5) is 16.2 Å². The van der Waals surface area contributed by atoms with Crippen molar-refractivity contribution in [2.75, 3.05) is 23.9 Å². The van der Waals surface area contributed by atoms with Crippen molar-refractivity contribution >= 4 is 70.4 Å². The maximum Gasteiger partial charge on any atom is 0.337 e. The number of hydrogen-bond donors (Lipinski definition) is 2. The molecule has 0 bridgehead atoms. The fraction of sp³-hybridized carbons (Fsp3) is 0.0741. The molecule has 198 valence electrons. The topological polar surface area (TPSA) is 131 Å². The van der Waals surface area contributed by atoms with Crippen molar-refractivity contribution < 1.29 is 33.4 Å². The van der Waals surface area contributed by atoms with Gasteiger partial charge in [-0.25, -0.2) is 14.5 Å². The smallest absolute Gasteiger partial charge is 0.337 e. The summed E-state index contributed by atoms with van der Waals surface area (Å²) in [7, 11) is 1.22. The zero-order valence-corrected chi connectivity index (χ0v) is 21.7. The number of nitrogens with one attached hydrogen (secondary N) is 2. The molecule has 10 nitrogen and oxygen atoms in total. The minimum Gasteiger partial charge on any atom is -0.481 e. The molecule has 12 heteroatoms. The van der Waals surface area contributed by atoms with Crippen LogP contribution >= 0.6 is 23.2 Å². The number of imide groups is 2. The van der Waals surface area contributed by atoms with Crippen LogP contribution in [-0.4, -0.2) is 43.4 Å². The predicted octanol–water partition coefficient (Wildman–Crippen LogP) is 4.46. The summed E-state index contributed by atoms with van der Waals surface area (Å²) in [6, 6.07) is 16.1. The van der Waals surface area contributed by atoms with Gasteiger partial charge in [0.05, 0.1) is 28.4 Å². The molecule has 1 aliphatic rings. The number of para-hydroxylation sites is 1. The molecule has 0 radical (unpaired) electrons. The third kappa shape index (κ3) is 6.25. The maximum atomic E-state index is 13.1. The fourth-order valence-electron chi connectivity index (χ4n) is 3.58. The van der Waals surface area contributed by atoms with Gasteiger partial charge in [-0.2, -0.15) is 0 Å². The highest BCUT2D eigenvalue weighted by atomic mass is 35.5. The monoisotopic (exact) mass is 567 g/mol. The second kappa shape index (κ2) is 11.8. The Morgan fingerprint density at radius 3 is 2.23 bits per heavy atom. The van der Waals surface area contributed by atoms with Crippen molar-refractivity contribution in [3.8, 4) is 5.75 Å². The van der Waals surface area contributed by atoms with Gasteiger partial charge in [-0.05, 0) is 60.2 Å². The number of halogens is 2. The second-order valence-corrected chi connectivity index (χ2v) is 8.83. The molecule has 0 saturated carbocycles. The van der Waals surface area contributed by atoms with Crippen molar-refractivity contribution in [2.24, 2.45) is 0 Å². The Morgan fingerprint density at radius 2 is 1.62 bits per heavy atom. The Hall–Kier alpha value is -4.67. The Bertz CT molecular complexity index is 1480. The molecule has 3 aromatic rings. The van der Waals surface area contributed by atoms with E-state index in [0.29, 0.717) is 5.69 Å². The van der Waals surface area contributed by atoms with Gasteiger partial charge < -0.3 is 14.8 Å². The van der Waals surface area contributed by atoms with Crippen LogP contribution in [0.15, 0.2) is 72.3 Å². The number of hydrogen-bond acceptors (Lipinski definition) is 7. The lowest BCUT2D eigenvalue weighted by Crippen LogP contribution is -2.54. The molecule has 1 fully saturated rings. The van der Waals surface area contributed by atoms with Gasteiger partial charge >= 0.3 is 12.0 Å². The first kappa shape index (κ1) is 27.4. The number of methoxy groups -OCH3 is 1. The van der Waals surface area contributed by atoms with E-state index in [4.69, 9.17) is 27.9 Å². The van der Waals surface area contributed by atoms with Gasteiger partial charge in [-0.1, -0.05) is 41.4 Å². The summed E-state index contributed by atoms with van der Waals surface area (Å²) in [6.07, 6.45) is 1.21. The molecule has 0 atom stereocenters. The van der Waals surface area contributed by atoms with Crippen molar-refractivity contribution in [1.29, 1.82) is 0 Å². The summed E-state index contributed by atoms with van der Waals surface area (Å²) in [4.78, 5) is 62.7. The largest absolute Gasteiger partial charge is 0.481 e. The number of urea groups is 1. The minimum atomic E-state index is -0.957. The standard InChI is InChI=1S/C27H19Cl2N3O7/c1-38-26(36)16-7-9-18(10-8-16)32-25(35)19(24(34)31-27(32)37)11-15-12-20(28)23(21(29)13-15)39-14-22(33)30-17-5-3-2-4-6-17/h2-13H,14H2,1H3,(H,30,33)(H,31,34,37)/b19-11-. The molecule has 0 aromatic heterocycles. The van der Waals surface area contributed by atoms with Gasteiger partial charge in [0.2, 0.25) is 0 Å². The summed E-state index contributed by atoms with van der Waals surface area (Å²) in [6.45, 7) is -0.374. The Kier molecular flexibility index (Phi) is 8.28. The molecule has 4 rings (SSSR count). The van der Waals surface area contributed by atoms with Crippen LogP contribution < -0.4 is 20.3 Å². The third-order valence-electron chi connectivity index (χ3n) is 5.39. The first-order valence-corrected chi connectivity index (χ1v) is 12.0. The summed E-state index contributed by atoms with van der Waals surface area (Å²) < 4.78 is 10.1. The predicted molar refractivity (Wildman–Crippen MR) is 144 cm³/mol. The summed E-state index contributed by atoms with van der Waals surface area (Å²) in [5.41, 5.74) is 0.821. The Morgan fingerprint density at radius 1 is 0.974 bits per heavy atom. The van der Waals surface area contributed by atoms with E-state index in [0.717, 1.165) is 4.90 Å². The average Bonchev–Trinajstić information content (AvgIpc) is 2.91. The van der Waals surface area contributed by atoms with E-state index in [9.17, 15) is 24.0 Å². The number of ether oxygens (including phenoxy) is 2. The van der Waals surface area contributed by atoms with E-state index in [1.54, 1.807) is 24.3 Å². The zero-order valence-electron chi connectivity index (χ0n) is 20.2. The number of carbonyl (C=O) groups is 5. The summed E-state index contributed by atoms with van der Waals surface area (Å²) in [5.74, 6) is -2.82. The third-order valence-corrected chi connectivity index (χ3v) is 5.95. The van der Waals surface area contributed by atoms with Gasteiger partial charge in [0.25, 0.3) is 17.7 Å². The summed E-state index contributed by atoms with van der Waals surface area (Å²) in [5, 5.41) is 4.81. The molecule has 1 heterocycles. The fourth-order valence-corrected chi connectivity index (χ4v) is 4.19. The van der Waals surface area contributed by atoms with Crippen LogP contribution in [0.1, 0.15) is 15.9 Å². The molecule has 5 amide bonds. The van der Waals surface area contributed by atoms with E-state index < -0.39 is 29.7 Å². The van der Waals surface area contributed by atoms with Crippen LogP contribution in [-0.2, 0) is 19.1 Å². The number of rotatable bonds is 7.